The maximum atomic E-state index is 14.9. The summed E-state index contributed by atoms with van der Waals surface area (Å²) in [5.41, 5.74) is 0.722. The van der Waals surface area contributed by atoms with Crippen molar-refractivity contribution in [1.82, 2.24) is 10.2 Å². The van der Waals surface area contributed by atoms with Gasteiger partial charge < -0.3 is 20.1 Å². The molecule has 1 aromatic rings. The van der Waals surface area contributed by atoms with E-state index in [2.05, 4.69) is 5.32 Å². The Hall–Kier alpha value is -2.68. The molecular weight excluding hydrogens is 369 g/mol. The lowest BCUT2D eigenvalue weighted by Crippen LogP contribution is -2.40. The number of aliphatic hydroxyl groups excluding tert-OH is 1. The predicted molar refractivity (Wildman–Crippen MR) is 98.1 cm³/mol. The maximum absolute atomic E-state index is 14.9. The topological polar surface area (TPSA) is 99.2 Å². The fourth-order valence-electron chi connectivity index (χ4n) is 3.69. The standard InChI is InChI=1S/C19H24FN3O5/c1-12(25)21-9-14-10-23(19(27)28-14)13-5-6-15(16(20)8-13)17-4-2-3-7-22(17)18(26)11-24/h5-6,8,14,17,24H,2-4,7,9-11H2,1H3,(H,21,25)/t14-,17?/m0/s1. The molecule has 2 heterocycles. The molecule has 9 heteroatoms. The average molecular weight is 393 g/mol. The molecule has 1 unspecified atom stereocenters. The summed E-state index contributed by atoms with van der Waals surface area (Å²) in [4.78, 5) is 37.9. The molecule has 2 aliphatic rings. The highest BCUT2D eigenvalue weighted by Crippen LogP contribution is 2.34. The zero-order valence-corrected chi connectivity index (χ0v) is 15.7. The van der Waals surface area contributed by atoms with E-state index in [4.69, 9.17) is 4.74 Å². The third-order valence-electron chi connectivity index (χ3n) is 5.07. The molecule has 2 aliphatic heterocycles. The van der Waals surface area contributed by atoms with E-state index in [0.29, 0.717) is 24.2 Å². The van der Waals surface area contributed by atoms with Gasteiger partial charge in [-0.15, -0.1) is 0 Å². The number of hydrogen-bond acceptors (Lipinski definition) is 5. The molecular formula is C19H24FN3O5. The zero-order chi connectivity index (χ0) is 20.3. The number of benzene rings is 1. The Bertz CT molecular complexity index is 772. The minimum absolute atomic E-state index is 0.193. The highest BCUT2D eigenvalue weighted by atomic mass is 19.1. The molecule has 3 amide bonds. The first-order chi connectivity index (χ1) is 13.4. The molecule has 0 spiro atoms. The SMILES string of the molecule is CC(=O)NC[C@H]1CN(c2ccc(C3CCCCN3C(=O)CO)c(F)c2)C(=O)O1. The molecule has 0 aliphatic carbocycles. The van der Waals surface area contributed by atoms with Gasteiger partial charge in [-0.25, -0.2) is 9.18 Å². The number of nitrogens with one attached hydrogen (secondary N) is 1. The Labute approximate surface area is 162 Å². The summed E-state index contributed by atoms with van der Waals surface area (Å²) in [6.07, 6.45) is 1.20. The van der Waals surface area contributed by atoms with Crippen molar-refractivity contribution >= 4 is 23.6 Å². The number of amides is 3. The van der Waals surface area contributed by atoms with E-state index in [1.54, 1.807) is 12.1 Å². The third kappa shape index (κ3) is 4.24. The molecule has 2 N–H and O–H groups in total. The molecule has 0 saturated carbocycles. The lowest BCUT2D eigenvalue weighted by atomic mass is 9.94. The van der Waals surface area contributed by atoms with Crippen LogP contribution in [0.25, 0.3) is 0 Å². The van der Waals surface area contributed by atoms with Crippen molar-refractivity contribution in [1.29, 1.82) is 0 Å². The van der Waals surface area contributed by atoms with E-state index < -0.39 is 36.6 Å². The van der Waals surface area contributed by atoms with Gasteiger partial charge in [0.15, 0.2) is 0 Å². The number of rotatable bonds is 5. The van der Waals surface area contributed by atoms with Crippen molar-refractivity contribution in [3.63, 3.8) is 0 Å². The van der Waals surface area contributed by atoms with E-state index in [9.17, 15) is 23.9 Å². The number of carbonyl (C=O) groups is 3. The van der Waals surface area contributed by atoms with Crippen molar-refractivity contribution in [2.24, 2.45) is 0 Å². The van der Waals surface area contributed by atoms with Crippen molar-refractivity contribution in [3.05, 3.63) is 29.6 Å². The van der Waals surface area contributed by atoms with E-state index in [-0.39, 0.29) is 19.0 Å². The van der Waals surface area contributed by atoms with Crippen LogP contribution in [0.3, 0.4) is 0 Å². The molecule has 2 atom stereocenters. The van der Waals surface area contributed by atoms with Gasteiger partial charge in [0.25, 0.3) is 0 Å². The second kappa shape index (κ2) is 8.55. The summed E-state index contributed by atoms with van der Waals surface area (Å²) < 4.78 is 20.1. The Morgan fingerprint density at radius 2 is 2.14 bits per heavy atom. The first-order valence-electron chi connectivity index (χ1n) is 9.33. The second-order valence-corrected chi connectivity index (χ2v) is 7.02. The second-order valence-electron chi connectivity index (χ2n) is 7.02. The Morgan fingerprint density at radius 3 is 2.82 bits per heavy atom. The molecule has 0 aromatic heterocycles. The summed E-state index contributed by atoms with van der Waals surface area (Å²) in [6.45, 7) is 1.65. The van der Waals surface area contributed by atoms with Gasteiger partial charge in [-0.1, -0.05) is 6.07 Å². The van der Waals surface area contributed by atoms with E-state index in [0.717, 1.165) is 12.8 Å². The van der Waals surface area contributed by atoms with Crippen molar-refractivity contribution in [2.75, 3.05) is 31.1 Å². The van der Waals surface area contributed by atoms with Crippen molar-refractivity contribution in [2.45, 2.75) is 38.3 Å². The predicted octanol–water partition coefficient (Wildman–Crippen LogP) is 1.33. The number of nitrogens with zero attached hydrogens (tertiary/aromatic N) is 2. The first kappa shape index (κ1) is 20.1. The Kier molecular flexibility index (Phi) is 6.13. The van der Waals surface area contributed by atoms with Crippen LogP contribution in [0.2, 0.25) is 0 Å². The minimum atomic E-state index is -0.606. The highest BCUT2D eigenvalue weighted by molar-refractivity contribution is 5.90. The molecule has 28 heavy (non-hydrogen) atoms. The van der Waals surface area contributed by atoms with Crippen LogP contribution in [0.15, 0.2) is 18.2 Å². The Morgan fingerprint density at radius 1 is 1.36 bits per heavy atom. The van der Waals surface area contributed by atoms with Gasteiger partial charge >= 0.3 is 6.09 Å². The van der Waals surface area contributed by atoms with Gasteiger partial charge in [0, 0.05) is 19.0 Å². The summed E-state index contributed by atoms with van der Waals surface area (Å²) in [6, 6.07) is 4.03. The molecule has 2 fully saturated rings. The monoisotopic (exact) mass is 393 g/mol. The van der Waals surface area contributed by atoms with Gasteiger partial charge in [-0.05, 0) is 31.4 Å². The van der Waals surface area contributed by atoms with E-state index in [1.807, 2.05) is 0 Å². The lowest BCUT2D eigenvalue weighted by molar-refractivity contribution is -0.138. The summed E-state index contributed by atoms with van der Waals surface area (Å²) >= 11 is 0. The molecule has 152 valence electrons. The van der Waals surface area contributed by atoms with Crippen LogP contribution in [0.5, 0.6) is 0 Å². The van der Waals surface area contributed by atoms with Crippen LogP contribution in [0, 0.1) is 5.82 Å². The zero-order valence-electron chi connectivity index (χ0n) is 15.7. The fraction of sp³-hybridized carbons (Fsp3) is 0.526. The summed E-state index contributed by atoms with van der Waals surface area (Å²) in [7, 11) is 0. The summed E-state index contributed by atoms with van der Waals surface area (Å²) in [5, 5.41) is 11.8. The molecule has 1 aromatic carbocycles. The van der Waals surface area contributed by atoms with Crippen LogP contribution in [0.4, 0.5) is 14.9 Å². The number of carbonyl (C=O) groups excluding carboxylic acids is 3. The number of cyclic esters (lactones) is 1. The van der Waals surface area contributed by atoms with E-state index >= 15 is 0 Å². The van der Waals surface area contributed by atoms with Gasteiger partial charge in [0.2, 0.25) is 11.8 Å². The van der Waals surface area contributed by atoms with Crippen molar-refractivity contribution in [3.8, 4) is 0 Å². The summed E-state index contributed by atoms with van der Waals surface area (Å²) in [5.74, 6) is -1.16. The molecule has 8 nitrogen and oxygen atoms in total. The Balaban J connectivity index is 1.76. The lowest BCUT2D eigenvalue weighted by Gasteiger charge is -2.36. The number of hydrogen-bond donors (Lipinski definition) is 2. The number of ether oxygens (including phenoxy) is 1. The van der Waals surface area contributed by atoms with Crippen LogP contribution in [-0.4, -0.2) is 60.3 Å². The smallest absolute Gasteiger partial charge is 0.414 e. The van der Waals surface area contributed by atoms with Crippen LogP contribution >= 0.6 is 0 Å². The van der Waals surface area contributed by atoms with E-state index in [1.165, 1.54) is 22.8 Å². The average Bonchev–Trinajstić information content (AvgIpc) is 3.06. The number of piperidine rings is 1. The first-order valence-corrected chi connectivity index (χ1v) is 9.33. The van der Waals surface area contributed by atoms with Crippen LogP contribution in [-0.2, 0) is 14.3 Å². The minimum Gasteiger partial charge on any atom is -0.442 e. The largest absolute Gasteiger partial charge is 0.442 e. The highest BCUT2D eigenvalue weighted by Gasteiger charge is 2.34. The molecule has 2 saturated heterocycles. The van der Waals surface area contributed by atoms with Crippen LogP contribution < -0.4 is 10.2 Å². The van der Waals surface area contributed by atoms with Gasteiger partial charge in [0.1, 0.15) is 18.5 Å². The van der Waals surface area contributed by atoms with Crippen molar-refractivity contribution < 1.29 is 28.6 Å². The number of anilines is 1. The third-order valence-corrected chi connectivity index (χ3v) is 5.07. The molecule has 3 rings (SSSR count). The normalized spacial score (nSPS) is 22.2. The number of halogens is 1. The van der Waals surface area contributed by atoms with Gasteiger partial charge in [0.05, 0.1) is 24.8 Å². The van der Waals surface area contributed by atoms with Crippen LogP contribution in [0.1, 0.15) is 37.8 Å². The molecule has 0 bridgehead atoms. The maximum Gasteiger partial charge on any atom is 0.414 e. The molecule has 0 radical (unpaired) electrons. The number of aliphatic hydroxyl groups is 1. The van der Waals surface area contributed by atoms with Gasteiger partial charge in [-0.2, -0.15) is 0 Å². The quantitative estimate of drug-likeness (QED) is 0.786. The number of likely N-dealkylation sites (tertiary alicyclic amines) is 1. The fourth-order valence-corrected chi connectivity index (χ4v) is 3.69. The van der Waals surface area contributed by atoms with Gasteiger partial charge in [-0.3, -0.25) is 14.5 Å².